The molecule has 2 rings (SSSR count). The molecule has 8 heteroatoms. The van der Waals surface area contributed by atoms with Gasteiger partial charge in [0.25, 0.3) is 0 Å². The Kier molecular flexibility index (Phi) is 8.97. The second-order valence-corrected chi connectivity index (χ2v) is 5.44. The monoisotopic (exact) mass is 474 g/mol. The first-order chi connectivity index (χ1) is 12.0. The van der Waals surface area contributed by atoms with Gasteiger partial charge < -0.3 is 15.5 Å². The molecule has 0 heterocycles. The van der Waals surface area contributed by atoms with E-state index in [9.17, 15) is 13.6 Å². The fraction of sp³-hybridized carbons (Fsp3) is 0.222. The molecular weight excluding hydrogens is 453 g/mol. The van der Waals surface area contributed by atoms with E-state index < -0.39 is 0 Å². The van der Waals surface area contributed by atoms with Crippen LogP contribution in [0.5, 0.6) is 0 Å². The molecule has 1 amide bonds. The topological polar surface area (TPSA) is 56.7 Å². The molecule has 0 aromatic heterocycles. The number of guanidine groups is 1. The summed E-state index contributed by atoms with van der Waals surface area (Å²) in [5.74, 6) is -0.451. The smallest absolute Gasteiger partial charge is 0.243 e. The molecule has 0 aliphatic heterocycles. The zero-order valence-corrected chi connectivity index (χ0v) is 16.8. The van der Waals surface area contributed by atoms with Gasteiger partial charge in [0.1, 0.15) is 11.6 Å². The normalized spacial score (nSPS) is 10.7. The molecule has 0 aliphatic carbocycles. The van der Waals surface area contributed by atoms with E-state index in [1.165, 1.54) is 36.4 Å². The first kappa shape index (κ1) is 21.8. The molecule has 0 unspecified atom stereocenters. The van der Waals surface area contributed by atoms with E-state index in [-0.39, 0.29) is 48.1 Å². The van der Waals surface area contributed by atoms with E-state index in [1.54, 1.807) is 25.1 Å². The summed E-state index contributed by atoms with van der Waals surface area (Å²) in [6, 6.07) is 11.8. The Balaban J connectivity index is 0.00000338. The maximum atomic E-state index is 13.2. The highest BCUT2D eigenvalue weighted by molar-refractivity contribution is 14.0. The molecule has 0 saturated heterocycles. The van der Waals surface area contributed by atoms with Crippen molar-refractivity contribution < 1.29 is 13.6 Å². The van der Waals surface area contributed by atoms with Crippen LogP contribution in [0.3, 0.4) is 0 Å². The summed E-state index contributed by atoms with van der Waals surface area (Å²) in [6.07, 6.45) is 0. The quantitative estimate of drug-likeness (QED) is 0.398. The standard InChI is InChI=1S/C18H20F2N4O.HI/c1-21-18(24(2)12-13-4-3-5-15(20)10-13)22-11-17(25)23-16-8-6-14(19)7-9-16;/h3-10H,11-12H2,1-2H3,(H,21,22)(H,23,25);1H. The van der Waals surface area contributed by atoms with Gasteiger partial charge in [0.2, 0.25) is 5.91 Å². The second-order valence-electron chi connectivity index (χ2n) is 5.44. The molecule has 0 aliphatic rings. The second kappa shape index (κ2) is 10.7. The lowest BCUT2D eigenvalue weighted by Gasteiger charge is -2.22. The molecule has 2 aromatic rings. The van der Waals surface area contributed by atoms with Crippen molar-refractivity contribution in [3.05, 3.63) is 65.7 Å². The molecule has 2 N–H and O–H groups in total. The minimum Gasteiger partial charge on any atom is -0.347 e. The van der Waals surface area contributed by atoms with Gasteiger partial charge in [0.15, 0.2) is 5.96 Å². The molecular formula is C18H21F2IN4O. The van der Waals surface area contributed by atoms with Crippen molar-refractivity contribution in [1.82, 2.24) is 10.2 Å². The summed E-state index contributed by atoms with van der Waals surface area (Å²) in [5, 5.41) is 5.58. The molecule has 0 saturated carbocycles. The van der Waals surface area contributed by atoms with Gasteiger partial charge >= 0.3 is 0 Å². The van der Waals surface area contributed by atoms with Crippen molar-refractivity contribution in [2.24, 2.45) is 4.99 Å². The molecule has 26 heavy (non-hydrogen) atoms. The molecule has 140 valence electrons. The number of halogens is 3. The predicted molar refractivity (Wildman–Crippen MR) is 110 cm³/mol. The van der Waals surface area contributed by atoms with Crippen LogP contribution in [-0.4, -0.2) is 37.4 Å². The Morgan fingerprint density at radius 3 is 2.42 bits per heavy atom. The summed E-state index contributed by atoms with van der Waals surface area (Å²) >= 11 is 0. The Morgan fingerprint density at radius 2 is 1.81 bits per heavy atom. The van der Waals surface area contributed by atoms with Crippen LogP contribution in [-0.2, 0) is 11.3 Å². The van der Waals surface area contributed by atoms with Crippen LogP contribution in [0.25, 0.3) is 0 Å². The largest absolute Gasteiger partial charge is 0.347 e. The van der Waals surface area contributed by atoms with Crippen molar-refractivity contribution in [2.75, 3.05) is 26.0 Å². The fourth-order valence-electron chi connectivity index (χ4n) is 2.27. The zero-order valence-electron chi connectivity index (χ0n) is 14.5. The number of hydrogen-bond donors (Lipinski definition) is 2. The van der Waals surface area contributed by atoms with Crippen LogP contribution in [0.4, 0.5) is 14.5 Å². The Labute approximate surface area is 168 Å². The number of hydrogen-bond acceptors (Lipinski definition) is 2. The van der Waals surface area contributed by atoms with Gasteiger partial charge in [0.05, 0.1) is 6.54 Å². The summed E-state index contributed by atoms with van der Waals surface area (Å²) in [6.45, 7) is 0.439. The number of carbonyl (C=O) groups excluding carboxylic acids is 1. The van der Waals surface area contributed by atoms with Gasteiger partial charge in [-0.25, -0.2) is 8.78 Å². The Bertz CT molecular complexity index is 753. The number of rotatable bonds is 5. The van der Waals surface area contributed by atoms with Crippen LogP contribution in [0.2, 0.25) is 0 Å². The first-order valence-electron chi connectivity index (χ1n) is 7.69. The summed E-state index contributed by atoms with van der Waals surface area (Å²) in [7, 11) is 3.39. The number of nitrogens with zero attached hydrogens (tertiary/aromatic N) is 2. The first-order valence-corrected chi connectivity index (χ1v) is 7.69. The van der Waals surface area contributed by atoms with Crippen molar-refractivity contribution >= 4 is 41.5 Å². The van der Waals surface area contributed by atoms with Crippen LogP contribution in [0.15, 0.2) is 53.5 Å². The van der Waals surface area contributed by atoms with E-state index in [1.807, 2.05) is 6.07 Å². The third-order valence-corrected chi connectivity index (χ3v) is 3.42. The van der Waals surface area contributed by atoms with Gasteiger partial charge in [-0.15, -0.1) is 24.0 Å². The maximum Gasteiger partial charge on any atom is 0.243 e. The number of aliphatic imine (C=N–C) groups is 1. The third-order valence-electron chi connectivity index (χ3n) is 3.42. The van der Waals surface area contributed by atoms with E-state index in [0.717, 1.165) is 5.56 Å². The van der Waals surface area contributed by atoms with E-state index in [0.29, 0.717) is 18.2 Å². The van der Waals surface area contributed by atoms with Gasteiger partial charge in [-0.05, 0) is 42.0 Å². The molecule has 0 radical (unpaired) electrons. The van der Waals surface area contributed by atoms with Crippen molar-refractivity contribution in [2.45, 2.75) is 6.54 Å². The van der Waals surface area contributed by atoms with Crippen molar-refractivity contribution in [3.63, 3.8) is 0 Å². The number of anilines is 1. The lowest BCUT2D eigenvalue weighted by atomic mass is 10.2. The SMILES string of the molecule is CN=C(NCC(=O)Nc1ccc(F)cc1)N(C)Cc1cccc(F)c1.I. The van der Waals surface area contributed by atoms with E-state index in [4.69, 9.17) is 0 Å². The average molecular weight is 474 g/mol. The minimum atomic E-state index is -0.365. The lowest BCUT2D eigenvalue weighted by molar-refractivity contribution is -0.115. The Morgan fingerprint density at radius 1 is 1.12 bits per heavy atom. The van der Waals surface area contributed by atoms with Gasteiger partial charge in [-0.2, -0.15) is 0 Å². The molecule has 0 fully saturated rings. The number of amides is 1. The van der Waals surface area contributed by atoms with Gasteiger partial charge in [0, 0.05) is 26.3 Å². The number of benzene rings is 2. The Hall–Kier alpha value is -2.23. The summed E-state index contributed by atoms with van der Waals surface area (Å²) < 4.78 is 26.1. The van der Waals surface area contributed by atoms with Crippen molar-refractivity contribution in [3.8, 4) is 0 Å². The van der Waals surface area contributed by atoms with Crippen LogP contribution in [0, 0.1) is 11.6 Å². The third kappa shape index (κ3) is 6.95. The van der Waals surface area contributed by atoms with Gasteiger partial charge in [-0.3, -0.25) is 9.79 Å². The molecule has 2 aromatic carbocycles. The van der Waals surface area contributed by atoms with Crippen LogP contribution < -0.4 is 10.6 Å². The highest BCUT2D eigenvalue weighted by Gasteiger charge is 2.09. The molecule has 0 bridgehead atoms. The van der Waals surface area contributed by atoms with Crippen LogP contribution in [0.1, 0.15) is 5.56 Å². The molecule has 5 nitrogen and oxygen atoms in total. The van der Waals surface area contributed by atoms with E-state index >= 15 is 0 Å². The highest BCUT2D eigenvalue weighted by Crippen LogP contribution is 2.08. The van der Waals surface area contributed by atoms with E-state index in [2.05, 4.69) is 15.6 Å². The summed E-state index contributed by atoms with van der Waals surface area (Å²) in [5.41, 5.74) is 1.30. The molecule has 0 atom stereocenters. The highest BCUT2D eigenvalue weighted by atomic mass is 127. The maximum absolute atomic E-state index is 13.2. The molecule has 0 spiro atoms. The van der Waals surface area contributed by atoms with Crippen molar-refractivity contribution in [1.29, 1.82) is 0 Å². The average Bonchev–Trinajstić information content (AvgIpc) is 2.57. The van der Waals surface area contributed by atoms with Crippen LogP contribution >= 0.6 is 24.0 Å². The lowest BCUT2D eigenvalue weighted by Crippen LogP contribution is -2.42. The summed E-state index contributed by atoms with van der Waals surface area (Å²) in [4.78, 5) is 17.8. The van der Waals surface area contributed by atoms with Gasteiger partial charge in [-0.1, -0.05) is 12.1 Å². The minimum absolute atomic E-state index is 0. The number of nitrogens with one attached hydrogen (secondary N) is 2. The zero-order chi connectivity index (χ0) is 18.2. The predicted octanol–water partition coefficient (Wildman–Crippen LogP) is 3.23. The fourth-order valence-corrected chi connectivity index (χ4v) is 2.27. The number of carbonyl (C=O) groups is 1.